The molecule has 1 heteroatoms. The molecule has 0 bridgehead atoms. The Morgan fingerprint density at radius 1 is 1.17 bits per heavy atom. The Morgan fingerprint density at radius 3 is 1.75 bits per heavy atom. The third kappa shape index (κ3) is 3.14. The van der Waals surface area contributed by atoms with Gasteiger partial charge in [-0.3, -0.25) is 0 Å². The highest BCUT2D eigenvalue weighted by atomic mass is 15.1. The van der Waals surface area contributed by atoms with Gasteiger partial charge in [-0.05, 0) is 38.8 Å². The fourth-order valence-electron chi connectivity index (χ4n) is 1.97. The minimum absolute atomic E-state index is 0.712. The van der Waals surface area contributed by atoms with Gasteiger partial charge >= 0.3 is 0 Å². The number of hydrogen-bond acceptors (Lipinski definition) is 1. The van der Waals surface area contributed by atoms with E-state index in [0.29, 0.717) is 5.41 Å². The van der Waals surface area contributed by atoms with Crippen LogP contribution in [-0.2, 0) is 0 Å². The van der Waals surface area contributed by atoms with E-state index in [0.717, 1.165) is 0 Å². The summed E-state index contributed by atoms with van der Waals surface area (Å²) >= 11 is 0. The van der Waals surface area contributed by atoms with Crippen molar-refractivity contribution in [1.29, 1.82) is 0 Å². The van der Waals surface area contributed by atoms with Crippen molar-refractivity contribution >= 4 is 0 Å². The highest BCUT2D eigenvalue weighted by molar-refractivity contribution is 4.87. The SMILES string of the molecule is CC.CCC1(CN(C)C)CCC1. The van der Waals surface area contributed by atoms with Crippen LogP contribution in [0.1, 0.15) is 46.5 Å². The van der Waals surface area contributed by atoms with E-state index in [9.17, 15) is 0 Å². The van der Waals surface area contributed by atoms with Gasteiger partial charge in [0.2, 0.25) is 0 Å². The summed E-state index contributed by atoms with van der Waals surface area (Å²) in [6.45, 7) is 7.62. The van der Waals surface area contributed by atoms with Gasteiger partial charge in [0.25, 0.3) is 0 Å². The van der Waals surface area contributed by atoms with Crippen LogP contribution in [0.3, 0.4) is 0 Å². The normalized spacial score (nSPS) is 19.5. The van der Waals surface area contributed by atoms with Gasteiger partial charge in [-0.25, -0.2) is 0 Å². The van der Waals surface area contributed by atoms with E-state index in [1.165, 1.54) is 32.2 Å². The molecule has 0 saturated heterocycles. The van der Waals surface area contributed by atoms with Gasteiger partial charge in [0.15, 0.2) is 0 Å². The van der Waals surface area contributed by atoms with Gasteiger partial charge in [-0.2, -0.15) is 0 Å². The standard InChI is InChI=1S/C9H19N.C2H6/c1-4-9(6-5-7-9)8-10(2)3;1-2/h4-8H2,1-3H3;1-2H3. The minimum atomic E-state index is 0.712. The Labute approximate surface area is 78.1 Å². The van der Waals surface area contributed by atoms with E-state index in [-0.39, 0.29) is 0 Å². The van der Waals surface area contributed by atoms with Gasteiger partial charge < -0.3 is 4.90 Å². The summed E-state index contributed by atoms with van der Waals surface area (Å²) in [5.41, 5.74) is 0.712. The monoisotopic (exact) mass is 171 g/mol. The summed E-state index contributed by atoms with van der Waals surface area (Å²) in [6.07, 6.45) is 5.75. The van der Waals surface area contributed by atoms with E-state index in [1.807, 2.05) is 13.8 Å². The smallest absolute Gasteiger partial charge is 0.00318 e. The fraction of sp³-hybridized carbons (Fsp3) is 1.00. The van der Waals surface area contributed by atoms with Crippen molar-refractivity contribution in [2.24, 2.45) is 5.41 Å². The molecule has 0 heterocycles. The lowest BCUT2D eigenvalue weighted by Crippen LogP contribution is -2.38. The summed E-state index contributed by atoms with van der Waals surface area (Å²) in [7, 11) is 4.35. The van der Waals surface area contributed by atoms with E-state index in [1.54, 1.807) is 0 Å². The van der Waals surface area contributed by atoms with Crippen molar-refractivity contribution in [1.82, 2.24) is 4.90 Å². The van der Waals surface area contributed by atoms with Crippen LogP contribution in [0.5, 0.6) is 0 Å². The molecule has 0 aromatic rings. The first-order valence-corrected chi connectivity index (χ1v) is 5.33. The molecule has 0 aromatic carbocycles. The summed E-state index contributed by atoms with van der Waals surface area (Å²) in [4.78, 5) is 2.32. The molecule has 0 atom stereocenters. The maximum Gasteiger partial charge on any atom is 0.00318 e. The quantitative estimate of drug-likeness (QED) is 0.630. The Kier molecular flexibility index (Phi) is 5.56. The van der Waals surface area contributed by atoms with Gasteiger partial charge in [0, 0.05) is 6.54 Å². The second-order valence-corrected chi connectivity index (χ2v) is 3.94. The molecule has 1 saturated carbocycles. The zero-order chi connectivity index (χ0) is 9.61. The molecule has 74 valence electrons. The second-order valence-electron chi connectivity index (χ2n) is 3.94. The van der Waals surface area contributed by atoms with Crippen LogP contribution in [0.25, 0.3) is 0 Å². The number of rotatable bonds is 3. The summed E-state index contributed by atoms with van der Waals surface area (Å²) < 4.78 is 0. The third-order valence-electron chi connectivity index (χ3n) is 2.82. The first kappa shape index (κ1) is 12.0. The van der Waals surface area contributed by atoms with Crippen LogP contribution < -0.4 is 0 Å². The highest BCUT2D eigenvalue weighted by Gasteiger charge is 2.34. The number of nitrogens with zero attached hydrogens (tertiary/aromatic N) is 1. The molecule has 12 heavy (non-hydrogen) atoms. The molecule has 1 rings (SSSR count). The molecule has 0 spiro atoms. The van der Waals surface area contributed by atoms with Gasteiger partial charge in [-0.1, -0.05) is 27.2 Å². The van der Waals surface area contributed by atoms with Crippen molar-refractivity contribution in [3.8, 4) is 0 Å². The second kappa shape index (κ2) is 5.58. The van der Waals surface area contributed by atoms with Crippen LogP contribution in [0.15, 0.2) is 0 Å². The zero-order valence-electron chi connectivity index (χ0n) is 9.48. The maximum atomic E-state index is 2.32. The maximum absolute atomic E-state index is 2.32. The van der Waals surface area contributed by atoms with E-state index >= 15 is 0 Å². The van der Waals surface area contributed by atoms with Crippen molar-refractivity contribution in [2.75, 3.05) is 20.6 Å². The summed E-state index contributed by atoms with van der Waals surface area (Å²) in [5, 5.41) is 0. The van der Waals surface area contributed by atoms with E-state index in [4.69, 9.17) is 0 Å². The lowest BCUT2D eigenvalue weighted by Gasteiger charge is -2.43. The third-order valence-corrected chi connectivity index (χ3v) is 2.82. The summed E-state index contributed by atoms with van der Waals surface area (Å²) in [5.74, 6) is 0. The number of hydrogen-bond donors (Lipinski definition) is 0. The zero-order valence-corrected chi connectivity index (χ0v) is 9.48. The average Bonchev–Trinajstić information content (AvgIpc) is 2.01. The van der Waals surface area contributed by atoms with Gasteiger partial charge in [-0.15, -0.1) is 0 Å². The first-order chi connectivity index (χ1) is 5.68. The largest absolute Gasteiger partial charge is 0.309 e. The first-order valence-electron chi connectivity index (χ1n) is 5.33. The molecule has 1 aliphatic rings. The predicted molar refractivity (Wildman–Crippen MR) is 56.5 cm³/mol. The molecule has 0 aliphatic heterocycles. The minimum Gasteiger partial charge on any atom is -0.309 e. The van der Waals surface area contributed by atoms with E-state index in [2.05, 4.69) is 25.9 Å². The lowest BCUT2D eigenvalue weighted by atomic mass is 9.67. The van der Waals surface area contributed by atoms with E-state index < -0.39 is 0 Å². The van der Waals surface area contributed by atoms with Crippen molar-refractivity contribution < 1.29 is 0 Å². The van der Waals surface area contributed by atoms with Gasteiger partial charge in [0.1, 0.15) is 0 Å². The molecule has 0 amide bonds. The Morgan fingerprint density at radius 2 is 1.67 bits per heavy atom. The van der Waals surface area contributed by atoms with Crippen LogP contribution in [0.2, 0.25) is 0 Å². The molecule has 1 fully saturated rings. The van der Waals surface area contributed by atoms with Crippen LogP contribution in [0.4, 0.5) is 0 Å². The Balaban J connectivity index is 0.000000561. The molecular formula is C11H25N. The van der Waals surface area contributed by atoms with Crippen LogP contribution >= 0.6 is 0 Å². The molecule has 1 nitrogen and oxygen atoms in total. The lowest BCUT2D eigenvalue weighted by molar-refractivity contribution is 0.0845. The molecule has 0 radical (unpaired) electrons. The molecule has 0 N–H and O–H groups in total. The van der Waals surface area contributed by atoms with Gasteiger partial charge in [0.05, 0.1) is 0 Å². The molecule has 0 unspecified atom stereocenters. The molecular weight excluding hydrogens is 146 g/mol. The van der Waals surface area contributed by atoms with Crippen molar-refractivity contribution in [2.45, 2.75) is 46.5 Å². The average molecular weight is 171 g/mol. The molecule has 1 aliphatic carbocycles. The Hall–Kier alpha value is -0.0400. The van der Waals surface area contributed by atoms with Crippen molar-refractivity contribution in [3.63, 3.8) is 0 Å². The Bertz CT molecular complexity index is 98.1. The van der Waals surface area contributed by atoms with Crippen LogP contribution in [0, 0.1) is 5.41 Å². The van der Waals surface area contributed by atoms with Crippen molar-refractivity contribution in [3.05, 3.63) is 0 Å². The fourth-order valence-corrected chi connectivity index (χ4v) is 1.97. The topological polar surface area (TPSA) is 3.24 Å². The van der Waals surface area contributed by atoms with Crippen LogP contribution in [-0.4, -0.2) is 25.5 Å². The summed E-state index contributed by atoms with van der Waals surface area (Å²) in [6, 6.07) is 0. The highest BCUT2D eigenvalue weighted by Crippen LogP contribution is 2.43. The molecule has 0 aromatic heterocycles. The predicted octanol–water partition coefficient (Wildman–Crippen LogP) is 3.15.